The van der Waals surface area contributed by atoms with E-state index < -0.39 is 17.2 Å². The summed E-state index contributed by atoms with van der Waals surface area (Å²) >= 11 is 0.403. The number of nitrogens with two attached hydrogens (primary N) is 1. The largest absolute Gasteiger partial charge is 0.461 e. The number of halogens is 3. The molecule has 1 aromatic rings. The lowest BCUT2D eigenvalue weighted by Gasteiger charge is -2.00. The van der Waals surface area contributed by atoms with Gasteiger partial charge in [0.1, 0.15) is 5.70 Å². The first-order chi connectivity index (χ1) is 7.84. The van der Waals surface area contributed by atoms with Gasteiger partial charge in [0.2, 0.25) is 0 Å². The molecule has 0 saturated heterocycles. The summed E-state index contributed by atoms with van der Waals surface area (Å²) in [5, 5.41) is -0.986. The van der Waals surface area contributed by atoms with Crippen LogP contribution in [-0.4, -0.2) is 17.6 Å². The SMILES string of the molecule is CCOC(=O)/C(N)=C/c1cnc(C(F)(F)F)s1. The summed E-state index contributed by atoms with van der Waals surface area (Å²) in [7, 11) is 0. The number of carbonyl (C=O) groups excluding carboxylic acids is 1. The molecule has 1 aromatic heterocycles. The van der Waals surface area contributed by atoms with Gasteiger partial charge in [0, 0.05) is 11.1 Å². The van der Waals surface area contributed by atoms with Gasteiger partial charge in [0.15, 0.2) is 5.01 Å². The van der Waals surface area contributed by atoms with E-state index in [-0.39, 0.29) is 17.2 Å². The van der Waals surface area contributed by atoms with Gasteiger partial charge in [0.05, 0.1) is 6.61 Å². The van der Waals surface area contributed by atoms with Crippen LogP contribution in [0.3, 0.4) is 0 Å². The summed E-state index contributed by atoms with van der Waals surface area (Å²) in [5.41, 5.74) is 5.08. The second-order valence-electron chi connectivity index (χ2n) is 2.89. The zero-order chi connectivity index (χ0) is 13.1. The van der Waals surface area contributed by atoms with Crippen LogP contribution >= 0.6 is 11.3 Å². The molecule has 0 atom stereocenters. The number of alkyl halides is 3. The first-order valence-corrected chi connectivity index (χ1v) is 5.33. The Morgan fingerprint density at radius 1 is 1.65 bits per heavy atom. The molecule has 17 heavy (non-hydrogen) atoms. The minimum atomic E-state index is -4.49. The molecule has 0 aliphatic rings. The van der Waals surface area contributed by atoms with Crippen LogP contribution in [0, 0.1) is 0 Å². The molecule has 8 heteroatoms. The van der Waals surface area contributed by atoms with Crippen LogP contribution in [0.2, 0.25) is 0 Å². The minimum absolute atomic E-state index is 0.142. The molecule has 1 rings (SSSR count). The topological polar surface area (TPSA) is 65.2 Å². The van der Waals surface area contributed by atoms with Gasteiger partial charge in [-0.25, -0.2) is 9.78 Å². The van der Waals surface area contributed by atoms with E-state index in [0.29, 0.717) is 11.3 Å². The highest BCUT2D eigenvalue weighted by molar-refractivity contribution is 7.12. The van der Waals surface area contributed by atoms with Crippen LogP contribution in [0.5, 0.6) is 0 Å². The molecule has 0 aliphatic carbocycles. The molecule has 0 amide bonds. The summed E-state index contributed by atoms with van der Waals surface area (Å²) in [6.45, 7) is 1.74. The Morgan fingerprint density at radius 2 is 2.29 bits per heavy atom. The van der Waals surface area contributed by atoms with Gasteiger partial charge in [-0.3, -0.25) is 0 Å². The first-order valence-electron chi connectivity index (χ1n) is 4.52. The highest BCUT2D eigenvalue weighted by Gasteiger charge is 2.34. The van der Waals surface area contributed by atoms with Crippen LogP contribution in [0.4, 0.5) is 13.2 Å². The number of esters is 1. The average molecular weight is 266 g/mol. The van der Waals surface area contributed by atoms with E-state index in [1.54, 1.807) is 6.92 Å². The van der Waals surface area contributed by atoms with E-state index in [1.165, 1.54) is 0 Å². The van der Waals surface area contributed by atoms with E-state index in [4.69, 9.17) is 5.73 Å². The number of rotatable bonds is 3. The van der Waals surface area contributed by atoms with Crippen molar-refractivity contribution in [2.75, 3.05) is 6.61 Å². The van der Waals surface area contributed by atoms with Gasteiger partial charge >= 0.3 is 12.1 Å². The summed E-state index contributed by atoms with van der Waals surface area (Å²) < 4.78 is 41.2. The molecular weight excluding hydrogens is 257 g/mol. The zero-order valence-electron chi connectivity index (χ0n) is 8.75. The van der Waals surface area contributed by atoms with E-state index in [0.717, 1.165) is 12.3 Å². The number of hydrogen-bond acceptors (Lipinski definition) is 5. The Hall–Kier alpha value is -1.57. The number of carbonyl (C=O) groups is 1. The fourth-order valence-corrected chi connectivity index (χ4v) is 1.65. The summed E-state index contributed by atoms with van der Waals surface area (Å²) in [6.07, 6.45) is -2.39. The molecule has 0 fully saturated rings. The second-order valence-corrected chi connectivity index (χ2v) is 3.95. The highest BCUT2D eigenvalue weighted by Crippen LogP contribution is 2.32. The average Bonchev–Trinajstić information content (AvgIpc) is 2.66. The van der Waals surface area contributed by atoms with E-state index >= 15 is 0 Å². The number of ether oxygens (including phenoxy) is 1. The van der Waals surface area contributed by atoms with Gasteiger partial charge in [-0.05, 0) is 13.0 Å². The Bertz CT molecular complexity index is 440. The summed E-state index contributed by atoms with van der Waals surface area (Å²) in [4.78, 5) is 14.4. The Labute approximate surface area is 98.9 Å². The zero-order valence-corrected chi connectivity index (χ0v) is 9.56. The monoisotopic (exact) mass is 266 g/mol. The number of thiazole rings is 1. The molecular formula is C9H9F3N2O2S. The van der Waals surface area contributed by atoms with Crippen LogP contribution in [-0.2, 0) is 15.7 Å². The molecule has 4 nitrogen and oxygen atoms in total. The molecule has 0 aromatic carbocycles. The fourth-order valence-electron chi connectivity index (χ4n) is 0.911. The van der Waals surface area contributed by atoms with E-state index in [2.05, 4.69) is 9.72 Å². The van der Waals surface area contributed by atoms with E-state index in [9.17, 15) is 18.0 Å². The maximum absolute atomic E-state index is 12.2. The summed E-state index contributed by atoms with van der Waals surface area (Å²) in [6, 6.07) is 0. The Morgan fingerprint density at radius 3 is 2.76 bits per heavy atom. The van der Waals surface area contributed by atoms with Gasteiger partial charge < -0.3 is 10.5 Å². The lowest BCUT2D eigenvalue weighted by Crippen LogP contribution is -2.14. The molecule has 0 aliphatic heterocycles. The molecule has 94 valence electrons. The van der Waals surface area contributed by atoms with Crippen molar-refractivity contribution >= 4 is 23.4 Å². The third kappa shape index (κ3) is 3.74. The van der Waals surface area contributed by atoms with Gasteiger partial charge in [-0.1, -0.05) is 0 Å². The van der Waals surface area contributed by atoms with E-state index in [1.807, 2.05) is 0 Å². The van der Waals surface area contributed by atoms with Crippen molar-refractivity contribution in [2.24, 2.45) is 5.73 Å². The first kappa shape index (κ1) is 13.5. The molecule has 0 saturated carbocycles. The summed E-state index contributed by atoms with van der Waals surface area (Å²) in [5.74, 6) is -0.769. The van der Waals surface area contributed by atoms with Crippen LogP contribution in [0.15, 0.2) is 11.9 Å². The van der Waals surface area contributed by atoms with Crippen molar-refractivity contribution in [3.63, 3.8) is 0 Å². The Kier molecular flexibility index (Phi) is 4.11. The van der Waals surface area contributed by atoms with Gasteiger partial charge in [-0.2, -0.15) is 13.2 Å². The molecule has 0 bridgehead atoms. The normalized spacial score (nSPS) is 12.6. The molecule has 0 spiro atoms. The Balaban J connectivity index is 2.85. The van der Waals surface area contributed by atoms with Crippen LogP contribution in [0.25, 0.3) is 6.08 Å². The van der Waals surface area contributed by atoms with Crippen molar-refractivity contribution in [3.8, 4) is 0 Å². The molecule has 0 unspecified atom stereocenters. The maximum atomic E-state index is 12.2. The van der Waals surface area contributed by atoms with Crippen molar-refractivity contribution in [1.82, 2.24) is 4.98 Å². The molecule has 0 radical (unpaired) electrons. The number of hydrogen-bond donors (Lipinski definition) is 1. The van der Waals surface area contributed by atoms with Crippen molar-refractivity contribution < 1.29 is 22.7 Å². The predicted octanol–water partition coefficient (Wildman–Crippen LogP) is 2.02. The number of nitrogens with zero attached hydrogens (tertiary/aromatic N) is 1. The quantitative estimate of drug-likeness (QED) is 0.671. The maximum Gasteiger partial charge on any atom is 0.443 e. The molecule has 1 heterocycles. The number of aromatic nitrogens is 1. The third-order valence-corrected chi connectivity index (χ3v) is 2.56. The van der Waals surface area contributed by atoms with Crippen molar-refractivity contribution in [1.29, 1.82) is 0 Å². The highest BCUT2D eigenvalue weighted by atomic mass is 32.1. The van der Waals surface area contributed by atoms with Crippen LogP contribution in [0.1, 0.15) is 16.8 Å². The second kappa shape index (κ2) is 5.17. The van der Waals surface area contributed by atoms with Gasteiger partial charge in [0.25, 0.3) is 0 Å². The molecule has 2 N–H and O–H groups in total. The smallest absolute Gasteiger partial charge is 0.443 e. The van der Waals surface area contributed by atoms with Crippen molar-refractivity contribution in [2.45, 2.75) is 13.1 Å². The predicted molar refractivity (Wildman–Crippen MR) is 55.9 cm³/mol. The minimum Gasteiger partial charge on any atom is -0.461 e. The van der Waals surface area contributed by atoms with Gasteiger partial charge in [-0.15, -0.1) is 11.3 Å². The van der Waals surface area contributed by atoms with Crippen LogP contribution < -0.4 is 5.73 Å². The van der Waals surface area contributed by atoms with Crippen molar-refractivity contribution in [3.05, 3.63) is 21.8 Å². The lowest BCUT2D eigenvalue weighted by atomic mass is 10.4. The fraction of sp³-hybridized carbons (Fsp3) is 0.333. The lowest BCUT2D eigenvalue weighted by molar-refractivity contribution is -0.139. The third-order valence-electron chi connectivity index (χ3n) is 1.57. The standard InChI is InChI=1S/C9H9F3N2O2S/c1-2-16-7(15)6(13)3-5-4-14-8(17-5)9(10,11)12/h3-4H,2,13H2,1H3/b6-3-.